The molecule has 6 heteroatoms. The largest absolute Gasteiger partial charge is 0.312 e. The highest BCUT2D eigenvalue weighted by atomic mass is 35.5. The number of halogens is 1. The lowest BCUT2D eigenvalue weighted by Gasteiger charge is -2.19. The van der Waals surface area contributed by atoms with Gasteiger partial charge >= 0.3 is 0 Å². The minimum Gasteiger partial charge on any atom is -0.312 e. The van der Waals surface area contributed by atoms with Crippen molar-refractivity contribution in [3.05, 3.63) is 52.4 Å². The second-order valence-corrected chi connectivity index (χ2v) is 4.87. The third kappa shape index (κ3) is 2.64. The number of nitrogens with zero attached hydrogens (tertiary/aromatic N) is 2. The van der Waals surface area contributed by atoms with Gasteiger partial charge in [0.2, 0.25) is 5.28 Å². The molecule has 102 valence electrons. The van der Waals surface area contributed by atoms with E-state index < -0.39 is 0 Å². The summed E-state index contributed by atoms with van der Waals surface area (Å²) in [7, 11) is 0. The van der Waals surface area contributed by atoms with Crippen LogP contribution in [0.15, 0.2) is 30.5 Å². The molecule has 5 nitrogen and oxygen atoms in total. The van der Waals surface area contributed by atoms with Gasteiger partial charge in [0.15, 0.2) is 0 Å². The molecule has 1 aromatic carbocycles. The van der Waals surface area contributed by atoms with Crippen LogP contribution in [0.1, 0.15) is 21.5 Å². The van der Waals surface area contributed by atoms with Gasteiger partial charge in [0.25, 0.3) is 5.91 Å². The van der Waals surface area contributed by atoms with Crippen LogP contribution < -0.4 is 10.6 Å². The van der Waals surface area contributed by atoms with Gasteiger partial charge in [-0.1, -0.05) is 12.1 Å². The summed E-state index contributed by atoms with van der Waals surface area (Å²) in [5.41, 5.74) is 2.97. The van der Waals surface area contributed by atoms with E-state index in [1.807, 2.05) is 18.2 Å². The summed E-state index contributed by atoms with van der Waals surface area (Å²) in [6.45, 7) is 1.69. The van der Waals surface area contributed by atoms with Crippen LogP contribution in [0, 0.1) is 0 Å². The smallest absolute Gasteiger partial charge is 0.257 e. The molecule has 2 aromatic rings. The van der Waals surface area contributed by atoms with Crippen molar-refractivity contribution in [3.63, 3.8) is 0 Å². The second kappa shape index (κ2) is 5.56. The van der Waals surface area contributed by atoms with Crippen molar-refractivity contribution in [2.45, 2.75) is 13.0 Å². The van der Waals surface area contributed by atoms with Crippen LogP contribution in [0.3, 0.4) is 0 Å². The van der Waals surface area contributed by atoms with Crippen molar-refractivity contribution in [2.75, 3.05) is 11.9 Å². The van der Waals surface area contributed by atoms with Crippen LogP contribution >= 0.6 is 11.6 Å². The van der Waals surface area contributed by atoms with Gasteiger partial charge in [-0.25, -0.2) is 9.97 Å². The van der Waals surface area contributed by atoms with Crippen molar-refractivity contribution in [1.29, 1.82) is 0 Å². The van der Waals surface area contributed by atoms with E-state index in [1.54, 1.807) is 6.07 Å². The molecule has 2 heterocycles. The molecule has 0 fully saturated rings. The Balaban J connectivity index is 1.88. The Labute approximate surface area is 121 Å². The van der Waals surface area contributed by atoms with Gasteiger partial charge in [-0.3, -0.25) is 4.79 Å². The lowest BCUT2D eigenvalue weighted by Crippen LogP contribution is -2.26. The summed E-state index contributed by atoms with van der Waals surface area (Å²) < 4.78 is 0. The van der Waals surface area contributed by atoms with Crippen LogP contribution in [0.2, 0.25) is 5.28 Å². The normalized spacial score (nSPS) is 13.7. The number of hydrogen-bond donors (Lipinski definition) is 2. The van der Waals surface area contributed by atoms with Crippen molar-refractivity contribution >= 4 is 23.3 Å². The molecule has 0 unspecified atom stereocenters. The highest BCUT2D eigenvalue weighted by Crippen LogP contribution is 2.19. The first-order valence-corrected chi connectivity index (χ1v) is 6.73. The van der Waals surface area contributed by atoms with E-state index in [9.17, 15) is 4.79 Å². The van der Waals surface area contributed by atoms with Crippen LogP contribution in [0.4, 0.5) is 5.82 Å². The average molecular weight is 289 g/mol. The topological polar surface area (TPSA) is 66.9 Å². The third-order valence-electron chi connectivity index (χ3n) is 3.25. The number of amides is 1. The first-order valence-electron chi connectivity index (χ1n) is 6.35. The van der Waals surface area contributed by atoms with E-state index in [-0.39, 0.29) is 11.2 Å². The molecule has 3 rings (SSSR count). The molecule has 1 aliphatic heterocycles. The summed E-state index contributed by atoms with van der Waals surface area (Å²) in [6.07, 6.45) is 2.36. The predicted octanol–water partition coefficient (Wildman–Crippen LogP) is 2.03. The minimum atomic E-state index is -0.168. The quantitative estimate of drug-likeness (QED) is 0.830. The van der Waals surface area contributed by atoms with Crippen LogP contribution in [0.25, 0.3) is 0 Å². The molecule has 0 spiro atoms. The molecule has 0 radical (unpaired) electrons. The van der Waals surface area contributed by atoms with Crippen LogP contribution in [-0.4, -0.2) is 22.4 Å². The summed E-state index contributed by atoms with van der Waals surface area (Å²) in [5, 5.41) is 6.16. The molecule has 1 amide bonds. The summed E-state index contributed by atoms with van der Waals surface area (Å²) in [6, 6.07) is 7.39. The molecular formula is C14H13ClN4O. The van der Waals surface area contributed by atoms with Crippen molar-refractivity contribution in [2.24, 2.45) is 0 Å². The van der Waals surface area contributed by atoms with Gasteiger partial charge in [0, 0.05) is 18.3 Å². The fraction of sp³-hybridized carbons (Fsp3) is 0.214. The Morgan fingerprint density at radius 1 is 1.35 bits per heavy atom. The van der Waals surface area contributed by atoms with E-state index in [0.717, 1.165) is 25.1 Å². The van der Waals surface area contributed by atoms with Gasteiger partial charge in [0.05, 0.1) is 0 Å². The number of fused-ring (bicyclic) bond motifs is 1. The Hall–Kier alpha value is -1.98. The molecule has 1 aromatic heterocycles. The monoisotopic (exact) mass is 288 g/mol. The third-order valence-corrected chi connectivity index (χ3v) is 3.43. The molecule has 2 N–H and O–H groups in total. The number of benzene rings is 1. The lowest BCUT2D eigenvalue weighted by atomic mass is 9.95. The fourth-order valence-electron chi connectivity index (χ4n) is 2.33. The summed E-state index contributed by atoms with van der Waals surface area (Å²) in [5.74, 6) is 0.236. The first kappa shape index (κ1) is 13.0. The van der Waals surface area contributed by atoms with Gasteiger partial charge in [-0.2, -0.15) is 0 Å². The maximum atomic E-state index is 12.4. The maximum Gasteiger partial charge on any atom is 0.257 e. The predicted molar refractivity (Wildman–Crippen MR) is 76.8 cm³/mol. The number of aromatic nitrogens is 2. The zero-order chi connectivity index (χ0) is 13.9. The SMILES string of the molecule is O=C(Nc1ccnc(Cl)n1)c1cccc2c1CCNC2. The van der Waals surface area contributed by atoms with Gasteiger partial charge in [-0.15, -0.1) is 0 Å². The average Bonchev–Trinajstić information content (AvgIpc) is 2.46. The highest BCUT2D eigenvalue weighted by molar-refractivity contribution is 6.28. The first-order chi connectivity index (χ1) is 9.74. The van der Waals surface area contributed by atoms with Gasteiger partial charge in [-0.05, 0) is 47.8 Å². The zero-order valence-corrected chi connectivity index (χ0v) is 11.4. The summed E-state index contributed by atoms with van der Waals surface area (Å²) >= 11 is 5.71. The number of hydrogen-bond acceptors (Lipinski definition) is 4. The van der Waals surface area contributed by atoms with E-state index in [4.69, 9.17) is 11.6 Å². The molecule has 0 saturated heterocycles. The van der Waals surface area contributed by atoms with Crippen LogP contribution in [0.5, 0.6) is 0 Å². The molecule has 0 atom stereocenters. The van der Waals surface area contributed by atoms with E-state index in [0.29, 0.717) is 11.4 Å². The van der Waals surface area contributed by atoms with E-state index in [2.05, 4.69) is 20.6 Å². The molecule has 1 aliphatic rings. The Morgan fingerprint density at radius 3 is 3.10 bits per heavy atom. The van der Waals surface area contributed by atoms with Crippen molar-refractivity contribution in [3.8, 4) is 0 Å². The van der Waals surface area contributed by atoms with Crippen LogP contribution in [-0.2, 0) is 13.0 Å². The molecule has 0 saturated carbocycles. The fourth-order valence-corrected chi connectivity index (χ4v) is 2.48. The summed E-state index contributed by atoms with van der Waals surface area (Å²) in [4.78, 5) is 20.1. The molecule has 0 aliphatic carbocycles. The maximum absolute atomic E-state index is 12.4. The van der Waals surface area contributed by atoms with E-state index in [1.165, 1.54) is 11.8 Å². The highest BCUT2D eigenvalue weighted by Gasteiger charge is 2.17. The van der Waals surface area contributed by atoms with Gasteiger partial charge in [0.1, 0.15) is 5.82 Å². The number of carbonyl (C=O) groups excluding carboxylic acids is 1. The van der Waals surface area contributed by atoms with Gasteiger partial charge < -0.3 is 10.6 Å². The molecule has 0 bridgehead atoms. The zero-order valence-electron chi connectivity index (χ0n) is 10.7. The molecule has 20 heavy (non-hydrogen) atoms. The number of nitrogens with one attached hydrogen (secondary N) is 2. The standard InChI is InChI=1S/C14H13ClN4O/c15-14-17-7-5-12(19-14)18-13(20)11-3-1-2-9-8-16-6-4-10(9)11/h1-3,5,7,16H,4,6,8H2,(H,17,18,19,20). The lowest BCUT2D eigenvalue weighted by molar-refractivity contribution is 0.102. The van der Waals surface area contributed by atoms with Crippen molar-refractivity contribution in [1.82, 2.24) is 15.3 Å². The second-order valence-electron chi connectivity index (χ2n) is 4.54. The van der Waals surface area contributed by atoms with E-state index >= 15 is 0 Å². The Morgan fingerprint density at radius 2 is 2.25 bits per heavy atom. The molecular weight excluding hydrogens is 276 g/mol. The number of rotatable bonds is 2. The minimum absolute atomic E-state index is 0.113. The Kier molecular flexibility index (Phi) is 3.62. The number of carbonyl (C=O) groups is 1. The Bertz CT molecular complexity index is 659. The number of anilines is 1. The van der Waals surface area contributed by atoms with Crippen molar-refractivity contribution < 1.29 is 4.79 Å².